The van der Waals surface area contributed by atoms with Crippen LogP contribution >= 0.6 is 25.9 Å². The molecule has 0 atom stereocenters. The molecule has 0 saturated heterocycles. The van der Waals surface area contributed by atoms with Gasteiger partial charge in [0, 0.05) is 11.1 Å². The van der Waals surface area contributed by atoms with Crippen molar-refractivity contribution in [1.82, 2.24) is 20.4 Å². The second-order valence-corrected chi connectivity index (χ2v) is 26.3. The molecule has 3 aromatic heterocycles. The zero-order chi connectivity index (χ0) is 50.9. The predicted molar refractivity (Wildman–Crippen MR) is 311 cm³/mol. The van der Waals surface area contributed by atoms with Gasteiger partial charge >= 0.3 is 0 Å². The van der Waals surface area contributed by atoms with Crippen molar-refractivity contribution in [2.45, 2.75) is 39.0 Å². The lowest BCUT2D eigenvalue weighted by Gasteiger charge is -2.27. The first-order chi connectivity index (χ1) is 37.1. The molecule has 0 saturated carbocycles. The van der Waals surface area contributed by atoms with E-state index in [2.05, 4.69) is 265 Å². The second kappa shape index (κ2) is 22.8. The molecule has 0 fully saturated rings. The van der Waals surface area contributed by atoms with Crippen LogP contribution in [0.3, 0.4) is 0 Å². The smallest absolute Gasteiger partial charge is 0.262 e. The normalized spacial score (nSPS) is 11.7. The van der Waals surface area contributed by atoms with E-state index in [1.54, 1.807) is 0 Å². The van der Waals surface area contributed by atoms with Crippen molar-refractivity contribution in [3.05, 3.63) is 242 Å². The fraction of sp³-hybridized carbons (Fsp3) is 0.125. The Labute approximate surface area is 443 Å². The maximum Gasteiger partial charge on any atom is 0.262 e. The first kappa shape index (κ1) is 49.4. The number of rotatable bonds is 20. The molecule has 0 aliphatic rings. The van der Waals surface area contributed by atoms with Crippen LogP contribution in [0.1, 0.15) is 37.8 Å². The van der Waals surface area contributed by atoms with E-state index in [0.717, 1.165) is 36.3 Å². The van der Waals surface area contributed by atoms with Gasteiger partial charge in [-0.2, -0.15) is 0 Å². The van der Waals surface area contributed by atoms with E-state index >= 15 is 0 Å². The molecule has 0 bridgehead atoms. The minimum Gasteiger partial charge on any atom is -0.488 e. The monoisotopic (exact) mass is 1040 g/mol. The fourth-order valence-corrected chi connectivity index (χ4v) is 19.3. The molecule has 0 aliphatic carbocycles. The highest BCUT2D eigenvalue weighted by atomic mass is 32.1. The van der Waals surface area contributed by atoms with E-state index in [4.69, 9.17) is 18.3 Å². The van der Waals surface area contributed by atoms with Crippen LogP contribution in [0.2, 0.25) is 0 Å². The lowest BCUT2D eigenvalue weighted by Crippen LogP contribution is -2.32. The van der Waals surface area contributed by atoms with E-state index < -0.39 is 14.5 Å². The third kappa shape index (κ3) is 10.1. The molecule has 11 aromatic rings. The summed E-state index contributed by atoms with van der Waals surface area (Å²) in [6.45, 7) is 5.05. The van der Waals surface area contributed by atoms with Crippen molar-refractivity contribution in [2.75, 3.05) is 13.2 Å². The Morgan fingerprint density at radius 1 is 0.347 bits per heavy atom. The van der Waals surface area contributed by atoms with Gasteiger partial charge in [0.15, 0.2) is 11.5 Å². The number of benzene rings is 8. The molecule has 8 aromatic carbocycles. The van der Waals surface area contributed by atoms with Gasteiger partial charge in [0.25, 0.3) is 11.8 Å². The Kier molecular flexibility index (Phi) is 15.0. The molecular formula is C64H56N4O4P2S+2. The first-order valence-corrected chi connectivity index (χ1v) is 30.2. The van der Waals surface area contributed by atoms with Crippen molar-refractivity contribution in [1.29, 1.82) is 0 Å². The molecular weight excluding hydrogens is 983 g/mol. The van der Waals surface area contributed by atoms with Crippen LogP contribution in [-0.2, 0) is 12.3 Å². The maximum atomic E-state index is 6.53. The van der Waals surface area contributed by atoms with Gasteiger partial charge in [0.1, 0.15) is 56.1 Å². The minimum absolute atomic E-state index is 0.315. The van der Waals surface area contributed by atoms with Crippen molar-refractivity contribution in [3.8, 4) is 55.9 Å². The van der Waals surface area contributed by atoms with Gasteiger partial charge in [-0.05, 0) is 121 Å². The van der Waals surface area contributed by atoms with Crippen LogP contribution in [0, 0.1) is 0 Å². The number of hydrogen-bond acceptors (Lipinski definition) is 9. The van der Waals surface area contributed by atoms with E-state index in [1.165, 1.54) is 54.3 Å². The van der Waals surface area contributed by atoms with Crippen molar-refractivity contribution in [3.63, 3.8) is 0 Å². The highest BCUT2D eigenvalue weighted by Gasteiger charge is 2.47. The lowest BCUT2D eigenvalue weighted by atomic mass is 10.1. The van der Waals surface area contributed by atoms with Crippen LogP contribution in [0.25, 0.3) is 44.4 Å². The molecule has 75 heavy (non-hydrogen) atoms. The van der Waals surface area contributed by atoms with Crippen LogP contribution in [-0.4, -0.2) is 33.6 Å². The Balaban J connectivity index is 0.893. The third-order valence-corrected chi connectivity index (χ3v) is 23.3. The highest BCUT2D eigenvalue weighted by Crippen LogP contribution is 2.60. The zero-order valence-electron chi connectivity index (χ0n) is 41.9. The Morgan fingerprint density at radius 3 is 0.880 bits per heavy atom. The lowest BCUT2D eigenvalue weighted by molar-refractivity contribution is 0.271. The van der Waals surface area contributed by atoms with Crippen LogP contribution in [0.4, 0.5) is 0 Å². The Morgan fingerprint density at radius 2 is 0.613 bits per heavy atom. The van der Waals surface area contributed by atoms with Gasteiger partial charge in [-0.15, -0.1) is 31.7 Å². The minimum atomic E-state index is -2.10. The van der Waals surface area contributed by atoms with Crippen molar-refractivity contribution >= 4 is 57.7 Å². The standard InChI is InChI=1S/C64H56N4O4P2S/c1-3-43-69-57-58(70-44-4-2)60(64-68-66-62(72-64)50-41-37-48(38-42-50)46-74(54-29-17-8-18-30-54,55-31-19-9-20-32-55)56-33-21-10-22-34-56)75-59(57)63-67-65-61(71-63)49-39-35-47(36-40-49)45-73(51-23-11-5-12-24-51,52-25-13-6-14-26-52)53-27-15-7-16-28-53/h5-42H,3-4,43-46H2,1-2H3/q+2. The van der Waals surface area contributed by atoms with E-state index in [-0.39, 0.29) is 0 Å². The summed E-state index contributed by atoms with van der Waals surface area (Å²) < 4.78 is 26.0. The van der Waals surface area contributed by atoms with Gasteiger partial charge in [0.05, 0.1) is 25.5 Å². The molecule has 0 unspecified atom stereocenters. The quantitative estimate of drug-likeness (QED) is 0.0697. The molecule has 0 radical (unpaired) electrons. The maximum absolute atomic E-state index is 6.53. The summed E-state index contributed by atoms with van der Waals surface area (Å²) >= 11 is 1.38. The van der Waals surface area contributed by atoms with Gasteiger partial charge in [-0.3, -0.25) is 0 Å². The Hall–Kier alpha value is -7.80. The molecule has 370 valence electrons. The molecule has 8 nitrogen and oxygen atoms in total. The molecule has 11 rings (SSSR count). The molecule has 0 aliphatic heterocycles. The summed E-state index contributed by atoms with van der Waals surface area (Å²) in [5.41, 5.74) is 4.06. The molecule has 0 spiro atoms. The average molecular weight is 1040 g/mol. The summed E-state index contributed by atoms with van der Waals surface area (Å²) in [5.74, 6) is 2.47. The van der Waals surface area contributed by atoms with Crippen molar-refractivity contribution < 1.29 is 18.3 Å². The van der Waals surface area contributed by atoms with Gasteiger partial charge in [0.2, 0.25) is 11.8 Å². The van der Waals surface area contributed by atoms with Gasteiger partial charge in [-0.25, -0.2) is 0 Å². The molecule has 11 heteroatoms. The number of aromatic nitrogens is 4. The van der Waals surface area contributed by atoms with Crippen LogP contribution < -0.4 is 41.3 Å². The van der Waals surface area contributed by atoms with Crippen LogP contribution in [0.5, 0.6) is 11.5 Å². The van der Waals surface area contributed by atoms with Gasteiger partial charge in [-0.1, -0.05) is 147 Å². The SMILES string of the molecule is CCCOc1c(-c2nnc(-c3ccc(C[P+](c4ccccc4)(c4ccccc4)c4ccccc4)cc3)o2)sc(-c2nnc(-c3ccc(C[P+](c4ccccc4)(c4ccccc4)c4ccccc4)cc3)o2)c1OCCC. The highest BCUT2D eigenvalue weighted by molar-refractivity contribution is 7.95. The summed E-state index contributed by atoms with van der Waals surface area (Å²) in [5, 5.41) is 26.4. The zero-order valence-corrected chi connectivity index (χ0v) is 44.5. The van der Waals surface area contributed by atoms with E-state index in [0.29, 0.717) is 58.0 Å². The number of thiophene rings is 1. The average Bonchev–Trinajstić information content (AvgIpc) is 4.27. The fourth-order valence-electron chi connectivity index (χ4n) is 9.81. The molecule has 0 amide bonds. The summed E-state index contributed by atoms with van der Waals surface area (Å²) in [4.78, 5) is 1.27. The molecule has 0 N–H and O–H groups in total. The summed E-state index contributed by atoms with van der Waals surface area (Å²) in [6, 6.07) is 82.7. The van der Waals surface area contributed by atoms with Gasteiger partial charge < -0.3 is 18.3 Å². The Bertz CT molecular complexity index is 3130. The van der Waals surface area contributed by atoms with E-state index in [9.17, 15) is 0 Å². The largest absolute Gasteiger partial charge is 0.488 e. The van der Waals surface area contributed by atoms with E-state index in [1.807, 2.05) is 0 Å². The number of hydrogen-bond donors (Lipinski definition) is 0. The number of ether oxygens (including phenoxy) is 2. The first-order valence-electron chi connectivity index (χ1n) is 25.5. The predicted octanol–water partition coefficient (Wildman–Crippen LogP) is 13.7. The van der Waals surface area contributed by atoms with Crippen LogP contribution in [0.15, 0.2) is 239 Å². The second-order valence-electron chi connectivity index (χ2n) is 18.3. The van der Waals surface area contributed by atoms with Crippen molar-refractivity contribution in [2.24, 2.45) is 0 Å². The summed E-state index contributed by atoms with van der Waals surface area (Å²) in [7, 11) is -4.19. The molecule has 3 heterocycles. The topological polar surface area (TPSA) is 96.3 Å². The third-order valence-electron chi connectivity index (χ3n) is 13.4. The number of nitrogens with zero attached hydrogens (tertiary/aromatic N) is 4. The summed E-state index contributed by atoms with van der Waals surface area (Å²) in [6.07, 6.45) is 3.26.